The molecule has 2 aromatic rings. The quantitative estimate of drug-likeness (QED) is 0.853. The Kier molecular flexibility index (Phi) is 5.08. The number of imidazole rings is 1. The fraction of sp³-hybridized carbons (Fsp3) is 0.571. The molecule has 1 saturated heterocycles. The molecule has 1 spiro atoms. The van der Waals surface area contributed by atoms with Crippen LogP contribution in [0, 0.1) is 11.3 Å². The highest BCUT2D eigenvalue weighted by Gasteiger charge is 2.52. The molecule has 1 atom stereocenters. The van der Waals surface area contributed by atoms with Crippen LogP contribution in [0.4, 0.5) is 0 Å². The molecule has 1 unspecified atom stereocenters. The number of benzene rings is 1. The summed E-state index contributed by atoms with van der Waals surface area (Å²) < 4.78 is 0. The molecule has 1 N–H and O–H groups in total. The van der Waals surface area contributed by atoms with E-state index in [9.17, 15) is 9.59 Å². The predicted octanol–water partition coefficient (Wildman–Crippen LogP) is 3.26. The van der Waals surface area contributed by atoms with E-state index in [1.165, 1.54) is 0 Å². The van der Waals surface area contributed by atoms with Crippen LogP contribution in [0.1, 0.15) is 37.9 Å². The fourth-order valence-corrected chi connectivity index (χ4v) is 5.10. The van der Waals surface area contributed by atoms with Crippen molar-refractivity contribution in [2.75, 3.05) is 27.2 Å². The Morgan fingerprint density at radius 1 is 1.32 bits per heavy atom. The molecule has 2 heterocycles. The minimum atomic E-state index is -0.0673. The van der Waals surface area contributed by atoms with Crippen LogP contribution in [-0.4, -0.2) is 58.8 Å². The van der Waals surface area contributed by atoms with Crippen molar-refractivity contribution < 1.29 is 9.59 Å². The van der Waals surface area contributed by atoms with Crippen LogP contribution in [0.3, 0.4) is 0 Å². The highest BCUT2D eigenvalue weighted by Crippen LogP contribution is 2.49. The molecule has 28 heavy (non-hydrogen) atoms. The third-order valence-corrected chi connectivity index (χ3v) is 6.64. The molecular weight excluding hydrogens is 376 g/mol. The molecule has 6 nitrogen and oxygen atoms in total. The second-order valence-corrected chi connectivity index (χ2v) is 8.91. The topological polar surface area (TPSA) is 69.3 Å². The zero-order valence-corrected chi connectivity index (χ0v) is 17.3. The maximum atomic E-state index is 12.9. The molecule has 150 valence electrons. The van der Waals surface area contributed by atoms with Crippen LogP contribution >= 0.6 is 11.6 Å². The Morgan fingerprint density at radius 2 is 2.07 bits per heavy atom. The molecule has 1 aliphatic heterocycles. The summed E-state index contributed by atoms with van der Waals surface area (Å²) >= 11 is 6.02. The monoisotopic (exact) mass is 402 g/mol. The van der Waals surface area contributed by atoms with Gasteiger partial charge in [-0.2, -0.15) is 0 Å². The van der Waals surface area contributed by atoms with Gasteiger partial charge in [-0.3, -0.25) is 9.59 Å². The second kappa shape index (κ2) is 7.39. The Labute approximate surface area is 170 Å². The van der Waals surface area contributed by atoms with Crippen molar-refractivity contribution in [3.63, 3.8) is 0 Å². The van der Waals surface area contributed by atoms with Crippen molar-refractivity contribution >= 4 is 34.4 Å². The molecule has 0 radical (unpaired) electrons. The van der Waals surface area contributed by atoms with Crippen molar-refractivity contribution in [2.45, 2.75) is 38.5 Å². The molecule has 1 aromatic heterocycles. The van der Waals surface area contributed by atoms with Gasteiger partial charge in [-0.25, -0.2) is 4.98 Å². The summed E-state index contributed by atoms with van der Waals surface area (Å²) in [5.41, 5.74) is 1.72. The van der Waals surface area contributed by atoms with E-state index in [0.717, 1.165) is 42.5 Å². The molecule has 2 fully saturated rings. The highest BCUT2D eigenvalue weighted by atomic mass is 35.5. The number of aromatic amines is 1. The first kappa shape index (κ1) is 19.2. The number of hydrogen-bond donors (Lipinski definition) is 1. The van der Waals surface area contributed by atoms with E-state index in [1.54, 1.807) is 4.90 Å². The van der Waals surface area contributed by atoms with E-state index in [0.29, 0.717) is 31.0 Å². The third-order valence-electron chi connectivity index (χ3n) is 6.41. The van der Waals surface area contributed by atoms with Crippen molar-refractivity contribution in [3.05, 3.63) is 29.0 Å². The normalized spacial score (nSPS) is 21.0. The second-order valence-electron chi connectivity index (χ2n) is 8.47. The average molecular weight is 403 g/mol. The van der Waals surface area contributed by atoms with E-state index in [4.69, 9.17) is 11.6 Å². The lowest BCUT2D eigenvalue weighted by molar-refractivity contribution is -0.135. The summed E-state index contributed by atoms with van der Waals surface area (Å²) in [5, 5.41) is 0.661. The van der Waals surface area contributed by atoms with Gasteiger partial charge in [0.2, 0.25) is 11.8 Å². The van der Waals surface area contributed by atoms with Crippen molar-refractivity contribution in [3.8, 4) is 0 Å². The first-order chi connectivity index (χ1) is 13.4. The summed E-state index contributed by atoms with van der Waals surface area (Å²) in [6.07, 6.45) is 5.35. The van der Waals surface area contributed by atoms with Crippen molar-refractivity contribution in [2.24, 2.45) is 11.3 Å². The summed E-state index contributed by atoms with van der Waals surface area (Å²) in [6, 6.07) is 5.53. The number of aromatic nitrogens is 2. The smallest absolute Gasteiger partial charge is 0.227 e. The van der Waals surface area contributed by atoms with Gasteiger partial charge in [0.1, 0.15) is 5.82 Å². The minimum Gasteiger partial charge on any atom is -0.349 e. The van der Waals surface area contributed by atoms with Crippen LogP contribution in [-0.2, 0) is 16.0 Å². The summed E-state index contributed by atoms with van der Waals surface area (Å²) in [7, 11) is 3.62. The van der Waals surface area contributed by atoms with Gasteiger partial charge in [-0.1, -0.05) is 24.4 Å². The van der Waals surface area contributed by atoms with Gasteiger partial charge >= 0.3 is 0 Å². The number of nitrogens with one attached hydrogen (secondary N) is 1. The van der Waals surface area contributed by atoms with Gasteiger partial charge in [-0.15, -0.1) is 0 Å². The van der Waals surface area contributed by atoms with Crippen LogP contribution in [0.2, 0.25) is 5.02 Å². The van der Waals surface area contributed by atoms with Gasteiger partial charge < -0.3 is 14.8 Å². The molecule has 1 saturated carbocycles. The van der Waals surface area contributed by atoms with E-state index in [1.807, 2.05) is 37.2 Å². The Balaban J connectivity index is 1.43. The highest BCUT2D eigenvalue weighted by molar-refractivity contribution is 6.31. The number of likely N-dealkylation sites (tertiary alicyclic amines) is 1. The Hall–Kier alpha value is -2.08. The van der Waals surface area contributed by atoms with Gasteiger partial charge in [0.25, 0.3) is 0 Å². The number of fused-ring (bicyclic) bond motifs is 1. The maximum absolute atomic E-state index is 12.9. The largest absolute Gasteiger partial charge is 0.349 e. The number of rotatable bonds is 4. The van der Waals surface area contributed by atoms with Crippen LogP contribution in [0.15, 0.2) is 18.2 Å². The molecule has 1 aliphatic carbocycles. The number of hydrogen-bond acceptors (Lipinski definition) is 3. The number of nitrogens with zero attached hydrogens (tertiary/aromatic N) is 3. The van der Waals surface area contributed by atoms with Crippen molar-refractivity contribution in [1.82, 2.24) is 19.8 Å². The SMILES string of the molecule is CN(C)C(=O)C1CN(C(=O)CCc2nc3ccc(Cl)cc3[nH]2)CC12CCCC2. The van der Waals surface area contributed by atoms with E-state index in [-0.39, 0.29) is 23.1 Å². The van der Waals surface area contributed by atoms with Gasteiger partial charge in [-0.05, 0) is 31.0 Å². The molecule has 2 amide bonds. The maximum Gasteiger partial charge on any atom is 0.227 e. The van der Waals surface area contributed by atoms with E-state index in [2.05, 4.69) is 9.97 Å². The van der Waals surface area contributed by atoms with Crippen LogP contribution in [0.25, 0.3) is 11.0 Å². The summed E-state index contributed by atoms with van der Waals surface area (Å²) in [5.74, 6) is 0.994. The summed E-state index contributed by atoms with van der Waals surface area (Å²) in [4.78, 5) is 37.0. The number of halogens is 1. The van der Waals surface area contributed by atoms with E-state index >= 15 is 0 Å². The van der Waals surface area contributed by atoms with Gasteiger partial charge in [0.15, 0.2) is 0 Å². The molecule has 7 heteroatoms. The molecule has 1 aromatic carbocycles. The standard InChI is InChI=1S/C21H27ClN4O2/c1-25(2)20(28)15-12-26(13-21(15)9-3-4-10-21)19(27)8-7-18-23-16-6-5-14(22)11-17(16)24-18/h5-6,11,15H,3-4,7-10,12-13H2,1-2H3,(H,23,24). The lowest BCUT2D eigenvalue weighted by atomic mass is 9.76. The Bertz CT molecular complexity index is 901. The molecule has 0 bridgehead atoms. The minimum absolute atomic E-state index is 0.0207. The first-order valence-corrected chi connectivity index (χ1v) is 10.4. The van der Waals surface area contributed by atoms with E-state index < -0.39 is 0 Å². The molecule has 2 aliphatic rings. The number of carbonyl (C=O) groups is 2. The number of H-pyrrole nitrogens is 1. The number of carbonyl (C=O) groups excluding carboxylic acids is 2. The molecule has 4 rings (SSSR count). The average Bonchev–Trinajstić information content (AvgIpc) is 3.38. The van der Waals surface area contributed by atoms with Crippen molar-refractivity contribution in [1.29, 1.82) is 0 Å². The predicted molar refractivity (Wildman–Crippen MR) is 109 cm³/mol. The Morgan fingerprint density at radius 3 is 2.79 bits per heavy atom. The van der Waals surface area contributed by atoms with Crippen LogP contribution in [0.5, 0.6) is 0 Å². The fourth-order valence-electron chi connectivity index (χ4n) is 4.93. The zero-order valence-electron chi connectivity index (χ0n) is 16.5. The van der Waals surface area contributed by atoms with Gasteiger partial charge in [0.05, 0.1) is 17.0 Å². The number of amides is 2. The first-order valence-electron chi connectivity index (χ1n) is 10.0. The summed E-state index contributed by atoms with van der Waals surface area (Å²) in [6.45, 7) is 1.26. The number of aryl methyl sites for hydroxylation is 1. The molecular formula is C21H27ClN4O2. The zero-order chi connectivity index (χ0) is 19.9. The lowest BCUT2D eigenvalue weighted by Crippen LogP contribution is -2.39. The van der Waals surface area contributed by atoms with Gasteiger partial charge in [0, 0.05) is 50.5 Å². The lowest BCUT2D eigenvalue weighted by Gasteiger charge is -2.30. The third kappa shape index (κ3) is 3.50. The van der Waals surface area contributed by atoms with Crippen LogP contribution < -0.4 is 0 Å².